The number of amides is 1. The van der Waals surface area contributed by atoms with Gasteiger partial charge in [-0.1, -0.05) is 72.8 Å². The largest absolute Gasteiger partial charge is 0.460 e. The van der Waals surface area contributed by atoms with Crippen LogP contribution in [0.3, 0.4) is 0 Å². The van der Waals surface area contributed by atoms with Crippen molar-refractivity contribution in [3.63, 3.8) is 0 Å². The van der Waals surface area contributed by atoms with Gasteiger partial charge in [0.15, 0.2) is 6.61 Å². The van der Waals surface area contributed by atoms with E-state index in [4.69, 9.17) is 18.9 Å². The second kappa shape index (κ2) is 17.4. The summed E-state index contributed by atoms with van der Waals surface area (Å²) in [7, 11) is 0. The van der Waals surface area contributed by atoms with Crippen LogP contribution in [-0.2, 0) is 43.9 Å². The van der Waals surface area contributed by atoms with Crippen LogP contribution in [0.2, 0.25) is 0 Å². The van der Waals surface area contributed by atoms with E-state index in [0.717, 1.165) is 6.08 Å². The molecule has 5 rings (SSSR count). The van der Waals surface area contributed by atoms with Crippen molar-refractivity contribution in [3.8, 4) is 0 Å². The first-order valence-corrected chi connectivity index (χ1v) is 17.6. The van der Waals surface area contributed by atoms with Crippen LogP contribution in [0.25, 0.3) is 6.08 Å². The van der Waals surface area contributed by atoms with Crippen LogP contribution in [0.4, 0.5) is 13.2 Å². The molecule has 1 saturated heterocycles. The van der Waals surface area contributed by atoms with Gasteiger partial charge in [-0.05, 0) is 57.0 Å². The van der Waals surface area contributed by atoms with Crippen molar-refractivity contribution in [1.29, 1.82) is 0 Å². The number of hydrogen-bond donors (Lipinski definition) is 2. The fourth-order valence-electron chi connectivity index (χ4n) is 6.10. The first-order valence-electron chi connectivity index (χ1n) is 17.6. The van der Waals surface area contributed by atoms with E-state index in [2.05, 4.69) is 10.1 Å². The summed E-state index contributed by atoms with van der Waals surface area (Å²) in [4.78, 5) is 51.6. The van der Waals surface area contributed by atoms with Gasteiger partial charge in [-0.15, -0.1) is 0 Å². The first kappa shape index (κ1) is 40.9. The van der Waals surface area contributed by atoms with Crippen molar-refractivity contribution < 1.29 is 61.1 Å². The molecular formula is C41H42F3NO10. The van der Waals surface area contributed by atoms with Crippen molar-refractivity contribution in [3.05, 3.63) is 125 Å². The molecule has 0 bridgehead atoms. The van der Waals surface area contributed by atoms with Gasteiger partial charge >= 0.3 is 24.1 Å². The van der Waals surface area contributed by atoms with Crippen molar-refractivity contribution in [2.24, 2.45) is 0 Å². The predicted octanol–water partition coefficient (Wildman–Crippen LogP) is 5.95. The Balaban J connectivity index is 1.40. The maximum Gasteiger partial charge on any atom is 0.422 e. The summed E-state index contributed by atoms with van der Waals surface area (Å²) in [6.45, 7) is 3.01. The zero-order valence-corrected chi connectivity index (χ0v) is 30.4. The summed E-state index contributed by atoms with van der Waals surface area (Å²) in [6, 6.07) is 23.3. The van der Waals surface area contributed by atoms with Crippen LogP contribution in [0.1, 0.15) is 67.1 Å². The monoisotopic (exact) mass is 765 g/mol. The van der Waals surface area contributed by atoms with Crippen LogP contribution in [-0.4, -0.2) is 78.3 Å². The Morgan fingerprint density at radius 2 is 1.60 bits per heavy atom. The minimum Gasteiger partial charge on any atom is -0.460 e. The lowest BCUT2D eigenvalue weighted by molar-refractivity contribution is -0.182. The maximum absolute atomic E-state index is 13.8. The molecule has 0 aromatic heterocycles. The molecule has 11 nitrogen and oxygen atoms in total. The van der Waals surface area contributed by atoms with E-state index in [1.54, 1.807) is 26.8 Å². The lowest BCUT2D eigenvalue weighted by Crippen LogP contribution is -2.45. The molecule has 14 heteroatoms. The number of nitrogens with one attached hydrogen (secondary N) is 1. The fraction of sp³-hybridized carbons (Fsp3) is 0.366. The number of carbonyl (C=O) groups excluding carboxylic acids is 4. The number of halogens is 3. The van der Waals surface area contributed by atoms with Gasteiger partial charge in [0.05, 0.1) is 18.2 Å². The molecule has 1 aliphatic heterocycles. The third kappa shape index (κ3) is 11.1. The predicted molar refractivity (Wildman–Crippen MR) is 192 cm³/mol. The van der Waals surface area contributed by atoms with E-state index < -0.39 is 78.9 Å². The molecule has 2 aliphatic rings. The number of aliphatic hydroxyl groups excluding tert-OH is 1. The highest BCUT2D eigenvalue weighted by Gasteiger charge is 2.55. The van der Waals surface area contributed by atoms with Crippen molar-refractivity contribution in [2.75, 3.05) is 13.2 Å². The SMILES string of the molecule is CC(C)(C)OC(=O)CCC(CO)NC(=O)C1=CC2OC(c3ccccc3)(c3ccccc3)OC2C(OC(=O)c2cccc(C=CC(=O)OCC(F)(F)F)c2)C1. The second-order valence-electron chi connectivity index (χ2n) is 14.0. The number of alkyl halides is 3. The number of carbonyl (C=O) groups is 4. The smallest absolute Gasteiger partial charge is 0.422 e. The number of esters is 3. The molecule has 0 saturated carbocycles. The molecule has 55 heavy (non-hydrogen) atoms. The minimum atomic E-state index is -4.68. The van der Waals surface area contributed by atoms with Gasteiger partial charge in [0.25, 0.3) is 0 Å². The van der Waals surface area contributed by atoms with E-state index in [1.165, 1.54) is 30.3 Å². The molecule has 0 radical (unpaired) electrons. The van der Waals surface area contributed by atoms with E-state index >= 15 is 0 Å². The normalized spacial score (nSPS) is 19.8. The van der Waals surface area contributed by atoms with Gasteiger partial charge in [0.2, 0.25) is 11.7 Å². The Morgan fingerprint density at radius 3 is 2.20 bits per heavy atom. The van der Waals surface area contributed by atoms with Gasteiger partial charge in [0, 0.05) is 35.6 Å². The van der Waals surface area contributed by atoms with E-state index in [1.807, 2.05) is 60.7 Å². The average molecular weight is 766 g/mol. The molecule has 1 fully saturated rings. The number of hydrogen-bond acceptors (Lipinski definition) is 10. The summed E-state index contributed by atoms with van der Waals surface area (Å²) in [6.07, 6.45) is -4.04. The molecular weight excluding hydrogens is 723 g/mol. The van der Waals surface area contributed by atoms with Crippen LogP contribution in [0, 0.1) is 0 Å². The lowest BCUT2D eigenvalue weighted by Gasteiger charge is -2.31. The summed E-state index contributed by atoms with van der Waals surface area (Å²) in [5, 5.41) is 12.8. The van der Waals surface area contributed by atoms with Gasteiger partial charge in [-0.3, -0.25) is 9.59 Å². The lowest BCUT2D eigenvalue weighted by atomic mass is 9.91. The number of ether oxygens (including phenoxy) is 5. The van der Waals surface area contributed by atoms with E-state index in [-0.39, 0.29) is 30.4 Å². The molecule has 1 amide bonds. The Bertz CT molecular complexity index is 1850. The molecule has 0 spiro atoms. The standard InChI is InChI=1S/C41H42F3NO10/c1-39(2,3)54-35(48)20-18-31(24-46)45-37(49)28-22-32(52-38(50)27-12-10-11-26(21-27)17-19-34(47)51-25-40(42,43)44)36-33(23-28)53-41(55-36,29-13-6-4-7-14-29)30-15-8-5-9-16-30/h4-17,19,21,23,31-33,36,46H,18,20,22,24-25H2,1-3H3,(H,45,49). The van der Waals surface area contributed by atoms with Gasteiger partial charge in [-0.2, -0.15) is 13.2 Å². The number of fused-ring (bicyclic) bond motifs is 1. The van der Waals surface area contributed by atoms with Crippen molar-refractivity contribution >= 4 is 29.9 Å². The Kier molecular flexibility index (Phi) is 13.0. The molecule has 292 valence electrons. The highest BCUT2D eigenvalue weighted by atomic mass is 19.4. The molecule has 1 heterocycles. The minimum absolute atomic E-state index is 0.0432. The third-order valence-corrected chi connectivity index (χ3v) is 8.52. The highest BCUT2D eigenvalue weighted by molar-refractivity contribution is 5.95. The van der Waals surface area contributed by atoms with Crippen molar-refractivity contribution in [2.45, 2.75) is 82.0 Å². The Labute approximate surface area is 316 Å². The van der Waals surface area contributed by atoms with Gasteiger partial charge < -0.3 is 34.1 Å². The Hall–Kier alpha value is -5.31. The van der Waals surface area contributed by atoms with Crippen LogP contribution < -0.4 is 5.32 Å². The molecule has 1 aliphatic carbocycles. The van der Waals surface area contributed by atoms with Gasteiger partial charge in [-0.25, -0.2) is 9.59 Å². The number of aliphatic hydroxyl groups is 1. The fourth-order valence-corrected chi connectivity index (χ4v) is 6.10. The van der Waals surface area contributed by atoms with E-state index in [9.17, 15) is 37.5 Å². The second-order valence-corrected chi connectivity index (χ2v) is 14.0. The quantitative estimate of drug-likeness (QED) is 0.122. The van der Waals surface area contributed by atoms with Crippen molar-refractivity contribution in [1.82, 2.24) is 5.32 Å². The zero-order valence-electron chi connectivity index (χ0n) is 30.4. The first-order chi connectivity index (χ1) is 26.0. The van der Waals surface area contributed by atoms with E-state index in [0.29, 0.717) is 16.7 Å². The number of benzene rings is 3. The molecule has 4 atom stereocenters. The van der Waals surface area contributed by atoms with Crippen LogP contribution in [0.5, 0.6) is 0 Å². The Morgan fingerprint density at radius 1 is 0.945 bits per heavy atom. The molecule has 3 aromatic carbocycles. The number of rotatable bonds is 13. The molecule has 2 N–H and O–H groups in total. The molecule has 3 aromatic rings. The highest BCUT2D eigenvalue weighted by Crippen LogP contribution is 2.47. The van der Waals surface area contributed by atoms with Gasteiger partial charge in [0.1, 0.15) is 23.9 Å². The maximum atomic E-state index is 13.8. The topological polar surface area (TPSA) is 147 Å². The molecule has 4 unspecified atom stereocenters. The average Bonchev–Trinajstić information content (AvgIpc) is 3.56. The summed E-state index contributed by atoms with van der Waals surface area (Å²) >= 11 is 0. The van der Waals surface area contributed by atoms with Crippen LogP contribution in [0.15, 0.2) is 103 Å². The summed E-state index contributed by atoms with van der Waals surface area (Å²) in [5.74, 6) is -4.55. The van der Waals surface area contributed by atoms with Crippen LogP contribution >= 0.6 is 0 Å². The summed E-state index contributed by atoms with van der Waals surface area (Å²) in [5.41, 5.74) is 1.13. The zero-order chi connectivity index (χ0) is 39.8. The summed E-state index contributed by atoms with van der Waals surface area (Å²) < 4.78 is 66.3. The third-order valence-electron chi connectivity index (χ3n) is 8.52.